The molecule has 0 aliphatic carbocycles. The van der Waals surface area contributed by atoms with Crippen LogP contribution < -0.4 is 15.8 Å². The van der Waals surface area contributed by atoms with Crippen LogP contribution in [0.25, 0.3) is 11.4 Å². The highest BCUT2D eigenvalue weighted by atomic mass is 19.1. The average Bonchev–Trinajstić information content (AvgIpc) is 3.13. The van der Waals surface area contributed by atoms with Crippen LogP contribution in [-0.4, -0.2) is 56.9 Å². The molecule has 2 aromatic heterocycles. The SMILES string of the molecule is Cc1nc(N2CCOCC2)[nH]c(=O)c1CCC(=O)Nc1cc(-c2nnc3n2CCCCC3)ccc1F. The maximum Gasteiger partial charge on any atom is 0.255 e. The first-order chi connectivity index (χ1) is 17.5. The predicted molar refractivity (Wildman–Crippen MR) is 133 cm³/mol. The van der Waals surface area contributed by atoms with Gasteiger partial charge in [0.25, 0.3) is 5.56 Å². The Morgan fingerprint density at radius 3 is 2.81 bits per heavy atom. The Labute approximate surface area is 207 Å². The number of halogens is 1. The number of benzene rings is 1. The summed E-state index contributed by atoms with van der Waals surface area (Å²) in [5.41, 5.74) is 1.53. The maximum atomic E-state index is 14.6. The Bertz CT molecular complexity index is 1310. The van der Waals surface area contributed by atoms with E-state index in [-0.39, 0.29) is 30.0 Å². The third-order valence-electron chi connectivity index (χ3n) is 6.73. The summed E-state index contributed by atoms with van der Waals surface area (Å²) in [5, 5.41) is 11.3. The lowest BCUT2D eigenvalue weighted by Crippen LogP contribution is -2.38. The van der Waals surface area contributed by atoms with Gasteiger partial charge in [0, 0.05) is 49.3 Å². The Hall–Kier alpha value is -3.60. The van der Waals surface area contributed by atoms with E-state index in [0.717, 1.165) is 38.1 Å². The Balaban J connectivity index is 1.27. The van der Waals surface area contributed by atoms with E-state index < -0.39 is 5.82 Å². The number of amides is 1. The molecule has 0 bridgehead atoms. The van der Waals surface area contributed by atoms with Gasteiger partial charge in [-0.3, -0.25) is 14.6 Å². The van der Waals surface area contributed by atoms with E-state index in [1.165, 1.54) is 6.07 Å². The molecule has 2 N–H and O–H groups in total. The summed E-state index contributed by atoms with van der Waals surface area (Å²) in [6.07, 6.45) is 4.36. The smallest absolute Gasteiger partial charge is 0.255 e. The number of aryl methyl sites for hydroxylation is 2. The molecule has 1 aromatic carbocycles. The quantitative estimate of drug-likeness (QED) is 0.540. The molecule has 2 aliphatic heterocycles. The largest absolute Gasteiger partial charge is 0.378 e. The number of anilines is 2. The molecule has 190 valence electrons. The van der Waals surface area contributed by atoms with Crippen molar-refractivity contribution < 1.29 is 13.9 Å². The first-order valence-electron chi connectivity index (χ1n) is 12.4. The number of carbonyl (C=O) groups excluding carboxylic acids is 1. The third-order valence-corrected chi connectivity index (χ3v) is 6.73. The number of carbonyl (C=O) groups is 1. The molecule has 36 heavy (non-hydrogen) atoms. The Kier molecular flexibility index (Phi) is 7.08. The van der Waals surface area contributed by atoms with Gasteiger partial charge in [0.1, 0.15) is 11.6 Å². The second kappa shape index (κ2) is 10.6. The highest BCUT2D eigenvalue weighted by Gasteiger charge is 2.19. The fourth-order valence-corrected chi connectivity index (χ4v) is 4.72. The lowest BCUT2D eigenvalue weighted by atomic mass is 10.1. The number of nitrogens with one attached hydrogen (secondary N) is 2. The van der Waals surface area contributed by atoms with E-state index >= 15 is 0 Å². The predicted octanol–water partition coefficient (Wildman–Crippen LogP) is 2.61. The summed E-state index contributed by atoms with van der Waals surface area (Å²) in [4.78, 5) is 34.7. The number of rotatable bonds is 6. The van der Waals surface area contributed by atoms with Crippen molar-refractivity contribution >= 4 is 17.5 Å². The molecule has 1 fully saturated rings. The van der Waals surface area contributed by atoms with Crippen molar-refractivity contribution in [3.05, 3.63) is 51.5 Å². The molecule has 0 unspecified atom stereocenters. The number of morpholine rings is 1. The average molecular weight is 496 g/mol. The third kappa shape index (κ3) is 5.15. The molecule has 10 nitrogen and oxygen atoms in total. The lowest BCUT2D eigenvalue weighted by molar-refractivity contribution is -0.116. The van der Waals surface area contributed by atoms with Crippen molar-refractivity contribution in [2.75, 3.05) is 36.5 Å². The van der Waals surface area contributed by atoms with Crippen LogP contribution in [-0.2, 0) is 28.9 Å². The minimum atomic E-state index is -0.534. The molecule has 0 spiro atoms. The number of hydrogen-bond donors (Lipinski definition) is 2. The standard InChI is InChI=1S/C25H30FN7O3/c1-16-18(24(35)29-25(27-16)32-11-13-36-14-12-32)7-9-22(34)28-20-15-17(6-8-19(20)26)23-31-30-21-5-3-2-4-10-33(21)23/h6,8,15H,2-5,7,9-14H2,1H3,(H,28,34)(H,27,29,35). The molecular formula is C25H30FN7O3. The minimum Gasteiger partial charge on any atom is -0.378 e. The zero-order valence-electron chi connectivity index (χ0n) is 20.3. The highest BCUT2D eigenvalue weighted by molar-refractivity contribution is 5.91. The van der Waals surface area contributed by atoms with Gasteiger partial charge in [-0.15, -0.1) is 10.2 Å². The van der Waals surface area contributed by atoms with Crippen LogP contribution in [0, 0.1) is 12.7 Å². The molecule has 3 aromatic rings. The van der Waals surface area contributed by atoms with Gasteiger partial charge in [0.15, 0.2) is 5.82 Å². The van der Waals surface area contributed by atoms with Crippen molar-refractivity contribution in [3.8, 4) is 11.4 Å². The first-order valence-corrected chi connectivity index (χ1v) is 12.4. The number of hydrogen-bond acceptors (Lipinski definition) is 7. The summed E-state index contributed by atoms with van der Waals surface area (Å²) in [6, 6.07) is 4.57. The summed E-state index contributed by atoms with van der Waals surface area (Å²) in [6.45, 7) is 5.07. The summed E-state index contributed by atoms with van der Waals surface area (Å²) in [7, 11) is 0. The molecule has 4 heterocycles. The Morgan fingerprint density at radius 2 is 2.00 bits per heavy atom. The molecule has 1 saturated heterocycles. The van der Waals surface area contributed by atoms with Gasteiger partial charge >= 0.3 is 0 Å². The first kappa shape index (κ1) is 24.1. The van der Waals surface area contributed by atoms with Crippen LogP contribution in [0.5, 0.6) is 0 Å². The van der Waals surface area contributed by atoms with Gasteiger partial charge in [-0.1, -0.05) is 6.42 Å². The van der Waals surface area contributed by atoms with Gasteiger partial charge in [0.2, 0.25) is 11.9 Å². The number of ether oxygens (including phenoxy) is 1. The molecule has 5 rings (SSSR count). The van der Waals surface area contributed by atoms with E-state index in [1.807, 2.05) is 4.90 Å². The minimum absolute atomic E-state index is 0.0203. The fourth-order valence-electron chi connectivity index (χ4n) is 4.72. The van der Waals surface area contributed by atoms with E-state index in [0.29, 0.717) is 54.9 Å². The van der Waals surface area contributed by atoms with Crippen molar-refractivity contribution in [3.63, 3.8) is 0 Å². The van der Waals surface area contributed by atoms with E-state index in [4.69, 9.17) is 4.74 Å². The molecule has 0 radical (unpaired) electrons. The van der Waals surface area contributed by atoms with Gasteiger partial charge in [-0.25, -0.2) is 9.37 Å². The molecule has 2 aliphatic rings. The molecule has 1 amide bonds. The van der Waals surface area contributed by atoms with E-state index in [1.54, 1.807) is 19.1 Å². The van der Waals surface area contributed by atoms with Crippen LogP contribution in [0.2, 0.25) is 0 Å². The van der Waals surface area contributed by atoms with Crippen LogP contribution in [0.4, 0.5) is 16.0 Å². The van der Waals surface area contributed by atoms with E-state index in [9.17, 15) is 14.0 Å². The second-order valence-corrected chi connectivity index (χ2v) is 9.20. The number of H-pyrrole nitrogens is 1. The van der Waals surface area contributed by atoms with Crippen molar-refractivity contribution in [1.82, 2.24) is 24.7 Å². The zero-order valence-corrected chi connectivity index (χ0v) is 20.3. The lowest BCUT2D eigenvalue weighted by Gasteiger charge is -2.27. The number of aromatic amines is 1. The van der Waals surface area contributed by atoms with Crippen LogP contribution >= 0.6 is 0 Å². The van der Waals surface area contributed by atoms with Gasteiger partial charge in [0.05, 0.1) is 18.9 Å². The van der Waals surface area contributed by atoms with Crippen LogP contribution in [0.15, 0.2) is 23.0 Å². The van der Waals surface area contributed by atoms with Crippen LogP contribution in [0.1, 0.15) is 42.8 Å². The van der Waals surface area contributed by atoms with Gasteiger partial charge in [-0.2, -0.15) is 0 Å². The van der Waals surface area contributed by atoms with Crippen molar-refractivity contribution in [2.24, 2.45) is 0 Å². The number of fused-ring (bicyclic) bond motifs is 1. The Morgan fingerprint density at radius 1 is 1.17 bits per heavy atom. The van der Waals surface area contributed by atoms with Crippen molar-refractivity contribution in [1.29, 1.82) is 0 Å². The maximum absolute atomic E-state index is 14.6. The monoisotopic (exact) mass is 495 g/mol. The molecular weight excluding hydrogens is 465 g/mol. The van der Waals surface area contributed by atoms with Crippen molar-refractivity contribution in [2.45, 2.75) is 52.0 Å². The molecule has 11 heteroatoms. The van der Waals surface area contributed by atoms with Gasteiger partial charge in [-0.05, 0) is 44.4 Å². The highest BCUT2D eigenvalue weighted by Crippen LogP contribution is 2.27. The summed E-state index contributed by atoms with van der Waals surface area (Å²) < 4.78 is 22.0. The fraction of sp³-hybridized carbons (Fsp3) is 0.480. The normalized spacial score (nSPS) is 15.9. The summed E-state index contributed by atoms with van der Waals surface area (Å²) in [5.74, 6) is 1.21. The molecule has 0 saturated carbocycles. The molecule has 0 atom stereocenters. The topological polar surface area (TPSA) is 118 Å². The second-order valence-electron chi connectivity index (χ2n) is 9.20. The van der Waals surface area contributed by atoms with E-state index in [2.05, 4.69) is 30.0 Å². The van der Waals surface area contributed by atoms with Crippen LogP contribution in [0.3, 0.4) is 0 Å². The number of nitrogens with zero attached hydrogens (tertiary/aromatic N) is 5. The number of aromatic nitrogens is 5. The zero-order chi connectivity index (χ0) is 25.1. The van der Waals surface area contributed by atoms with Gasteiger partial charge < -0.3 is 19.5 Å². The summed E-state index contributed by atoms with van der Waals surface area (Å²) >= 11 is 0.